The molecule has 1 aliphatic rings. The van der Waals surface area contributed by atoms with Crippen molar-refractivity contribution in [3.63, 3.8) is 0 Å². The van der Waals surface area contributed by atoms with Crippen molar-refractivity contribution in [1.29, 1.82) is 0 Å². The first kappa shape index (κ1) is 10.1. The van der Waals surface area contributed by atoms with E-state index in [2.05, 4.69) is 27.7 Å². The van der Waals surface area contributed by atoms with E-state index < -0.39 is 0 Å². The first-order valence-electron chi connectivity index (χ1n) is 5.65. The molecule has 1 unspecified atom stereocenters. The van der Waals surface area contributed by atoms with Crippen LogP contribution >= 0.6 is 0 Å². The maximum absolute atomic E-state index is 2.45. The van der Waals surface area contributed by atoms with Crippen molar-refractivity contribution in [3.05, 3.63) is 0 Å². The largest absolute Gasteiger partial charge is 0.0651 e. The average Bonchev–Trinajstić information content (AvgIpc) is 2.03. The van der Waals surface area contributed by atoms with Crippen LogP contribution in [-0.4, -0.2) is 0 Å². The quantitative estimate of drug-likeness (QED) is 0.582. The molecule has 1 rings (SSSR count). The average molecular weight is 168 g/mol. The van der Waals surface area contributed by atoms with Gasteiger partial charge in [0.2, 0.25) is 0 Å². The van der Waals surface area contributed by atoms with Crippen molar-refractivity contribution >= 4 is 0 Å². The van der Waals surface area contributed by atoms with E-state index in [-0.39, 0.29) is 0 Å². The summed E-state index contributed by atoms with van der Waals surface area (Å²) in [5.74, 6) is 3.93. The van der Waals surface area contributed by atoms with Crippen LogP contribution in [0.25, 0.3) is 0 Å². The lowest BCUT2D eigenvalue weighted by molar-refractivity contribution is 0.147. The van der Waals surface area contributed by atoms with Crippen LogP contribution in [0.4, 0.5) is 0 Å². The van der Waals surface area contributed by atoms with Crippen molar-refractivity contribution in [1.82, 2.24) is 0 Å². The highest BCUT2D eigenvalue weighted by Crippen LogP contribution is 2.38. The molecule has 12 heavy (non-hydrogen) atoms. The zero-order chi connectivity index (χ0) is 9.14. The van der Waals surface area contributed by atoms with Crippen molar-refractivity contribution in [2.24, 2.45) is 23.7 Å². The van der Waals surface area contributed by atoms with Crippen LogP contribution in [-0.2, 0) is 0 Å². The third-order valence-electron chi connectivity index (χ3n) is 3.87. The Balaban J connectivity index is 2.44. The minimum absolute atomic E-state index is 0.951. The second-order valence-electron chi connectivity index (χ2n) is 4.94. The molecule has 1 fully saturated rings. The van der Waals surface area contributed by atoms with Gasteiger partial charge in [-0.2, -0.15) is 0 Å². The second kappa shape index (κ2) is 4.30. The number of hydrogen-bond donors (Lipinski definition) is 0. The summed E-state index contributed by atoms with van der Waals surface area (Å²) in [6.45, 7) is 9.61. The molecule has 0 heterocycles. The number of rotatable bonds is 2. The highest BCUT2D eigenvalue weighted by atomic mass is 14.3. The fraction of sp³-hybridized carbons (Fsp3) is 1.00. The molecular weight excluding hydrogens is 144 g/mol. The van der Waals surface area contributed by atoms with Gasteiger partial charge in [0, 0.05) is 0 Å². The molecule has 0 spiro atoms. The maximum Gasteiger partial charge on any atom is -0.0363 e. The Hall–Kier alpha value is 0. The second-order valence-corrected chi connectivity index (χ2v) is 4.94. The van der Waals surface area contributed by atoms with Crippen molar-refractivity contribution in [3.8, 4) is 0 Å². The highest BCUT2D eigenvalue weighted by Gasteiger charge is 2.28. The SMILES string of the molecule is CCC(C)[C@@H]1CC[C@H](C)C[C@H]1C. The maximum atomic E-state index is 2.45. The molecule has 72 valence electrons. The molecule has 0 nitrogen and oxygen atoms in total. The molecule has 0 amide bonds. The van der Waals surface area contributed by atoms with E-state index in [1.807, 2.05) is 0 Å². The Morgan fingerprint density at radius 1 is 1.25 bits per heavy atom. The van der Waals surface area contributed by atoms with Gasteiger partial charge >= 0.3 is 0 Å². The molecule has 0 radical (unpaired) electrons. The van der Waals surface area contributed by atoms with E-state index in [1.165, 1.54) is 25.7 Å². The predicted octanol–water partition coefficient (Wildman–Crippen LogP) is 4.10. The molecule has 0 N–H and O–H groups in total. The molecule has 0 heteroatoms. The van der Waals surface area contributed by atoms with Crippen molar-refractivity contribution in [2.75, 3.05) is 0 Å². The molecule has 4 atom stereocenters. The molecule has 0 saturated heterocycles. The molecule has 0 aromatic rings. The van der Waals surface area contributed by atoms with Gasteiger partial charge in [-0.15, -0.1) is 0 Å². The lowest BCUT2D eigenvalue weighted by Gasteiger charge is -2.36. The van der Waals surface area contributed by atoms with E-state index >= 15 is 0 Å². The molecule has 0 aromatic carbocycles. The highest BCUT2D eigenvalue weighted by molar-refractivity contribution is 4.78. The molecular formula is C12H24. The van der Waals surface area contributed by atoms with Gasteiger partial charge in [-0.3, -0.25) is 0 Å². The minimum atomic E-state index is 0.951. The normalized spacial score (nSPS) is 39.5. The summed E-state index contributed by atoms with van der Waals surface area (Å²) in [5, 5.41) is 0. The van der Waals surface area contributed by atoms with Gasteiger partial charge in [0.15, 0.2) is 0 Å². The summed E-state index contributed by atoms with van der Waals surface area (Å²) >= 11 is 0. The van der Waals surface area contributed by atoms with Gasteiger partial charge in [-0.25, -0.2) is 0 Å². The Labute approximate surface area is 77.7 Å². The van der Waals surface area contributed by atoms with Crippen LogP contribution in [0.2, 0.25) is 0 Å². The number of hydrogen-bond acceptors (Lipinski definition) is 0. The van der Waals surface area contributed by atoms with Crippen molar-refractivity contribution in [2.45, 2.75) is 53.4 Å². The molecule has 0 aliphatic heterocycles. The van der Waals surface area contributed by atoms with Gasteiger partial charge in [-0.1, -0.05) is 40.5 Å². The monoisotopic (exact) mass is 168 g/mol. The van der Waals surface area contributed by atoms with Crippen LogP contribution < -0.4 is 0 Å². The molecule has 0 aromatic heterocycles. The lowest BCUT2D eigenvalue weighted by Crippen LogP contribution is -2.26. The first-order chi connectivity index (χ1) is 5.65. The summed E-state index contributed by atoms with van der Waals surface area (Å²) in [6.07, 6.45) is 5.79. The van der Waals surface area contributed by atoms with E-state index in [9.17, 15) is 0 Å². The minimum Gasteiger partial charge on any atom is -0.0651 e. The van der Waals surface area contributed by atoms with Gasteiger partial charge < -0.3 is 0 Å². The van der Waals surface area contributed by atoms with Gasteiger partial charge in [0.1, 0.15) is 0 Å². The molecule has 1 aliphatic carbocycles. The lowest BCUT2D eigenvalue weighted by atomic mass is 9.70. The Morgan fingerprint density at radius 3 is 2.42 bits per heavy atom. The standard InChI is InChI=1S/C12H24/c1-5-10(3)12-7-6-9(2)8-11(12)4/h9-12H,5-8H2,1-4H3/t9-,10?,11+,12-/m0/s1. The summed E-state index contributed by atoms with van der Waals surface area (Å²) in [7, 11) is 0. The summed E-state index contributed by atoms with van der Waals surface area (Å²) in [5.41, 5.74) is 0. The first-order valence-corrected chi connectivity index (χ1v) is 5.65. The summed E-state index contributed by atoms with van der Waals surface area (Å²) in [4.78, 5) is 0. The van der Waals surface area contributed by atoms with Gasteiger partial charge in [-0.05, 0) is 36.5 Å². The smallest absolute Gasteiger partial charge is 0.0363 e. The predicted molar refractivity (Wildman–Crippen MR) is 55.1 cm³/mol. The third-order valence-corrected chi connectivity index (χ3v) is 3.87. The third kappa shape index (κ3) is 2.24. The van der Waals surface area contributed by atoms with Crippen LogP contribution in [0.5, 0.6) is 0 Å². The molecule has 0 bridgehead atoms. The van der Waals surface area contributed by atoms with Crippen LogP contribution in [0, 0.1) is 23.7 Å². The molecule has 1 saturated carbocycles. The van der Waals surface area contributed by atoms with E-state index in [1.54, 1.807) is 0 Å². The van der Waals surface area contributed by atoms with Crippen LogP contribution in [0.1, 0.15) is 53.4 Å². The van der Waals surface area contributed by atoms with E-state index in [0.29, 0.717) is 0 Å². The Morgan fingerprint density at radius 2 is 1.92 bits per heavy atom. The van der Waals surface area contributed by atoms with E-state index in [0.717, 1.165) is 23.7 Å². The van der Waals surface area contributed by atoms with Crippen LogP contribution in [0.3, 0.4) is 0 Å². The zero-order valence-electron chi connectivity index (χ0n) is 9.14. The van der Waals surface area contributed by atoms with Crippen LogP contribution in [0.15, 0.2) is 0 Å². The fourth-order valence-electron chi connectivity index (χ4n) is 2.84. The fourth-order valence-corrected chi connectivity index (χ4v) is 2.84. The summed E-state index contributed by atoms with van der Waals surface area (Å²) in [6, 6.07) is 0. The van der Waals surface area contributed by atoms with Gasteiger partial charge in [0.25, 0.3) is 0 Å². The Bertz CT molecular complexity index is 128. The Kier molecular flexibility index (Phi) is 3.61. The topological polar surface area (TPSA) is 0 Å². The zero-order valence-corrected chi connectivity index (χ0v) is 9.14. The van der Waals surface area contributed by atoms with Gasteiger partial charge in [0.05, 0.1) is 0 Å². The van der Waals surface area contributed by atoms with E-state index in [4.69, 9.17) is 0 Å². The summed E-state index contributed by atoms with van der Waals surface area (Å²) < 4.78 is 0. The van der Waals surface area contributed by atoms with Crippen molar-refractivity contribution < 1.29 is 0 Å².